The summed E-state index contributed by atoms with van der Waals surface area (Å²) in [5, 5.41) is 12.4. The maximum atomic E-state index is 8.70. The van der Waals surface area contributed by atoms with Crippen LogP contribution in [0.3, 0.4) is 0 Å². The Balaban J connectivity index is 1.92. The van der Waals surface area contributed by atoms with Gasteiger partial charge in [-0.3, -0.25) is 0 Å². The van der Waals surface area contributed by atoms with Gasteiger partial charge in [0, 0.05) is 25.4 Å². The zero-order chi connectivity index (χ0) is 9.80. The third kappa shape index (κ3) is 2.00. The summed E-state index contributed by atoms with van der Waals surface area (Å²) >= 11 is 0. The van der Waals surface area contributed by atoms with Crippen LogP contribution in [0.25, 0.3) is 0 Å². The van der Waals surface area contributed by atoms with Crippen molar-refractivity contribution in [3.8, 4) is 0 Å². The first-order valence-electron chi connectivity index (χ1n) is 4.41. The maximum Gasteiger partial charge on any atom is 0.252 e. The largest absolute Gasteiger partial charge is 0.387 e. The van der Waals surface area contributed by atoms with Crippen LogP contribution in [0.4, 0.5) is 0 Å². The molecule has 2 rings (SSSR count). The Labute approximate surface area is 81.0 Å². The molecule has 0 amide bonds. The molecule has 2 heterocycles. The number of hydrogen-bond donors (Lipinski definition) is 1. The van der Waals surface area contributed by atoms with E-state index in [1.54, 1.807) is 0 Å². The van der Waals surface area contributed by atoms with Gasteiger partial charge < -0.3 is 14.2 Å². The Morgan fingerprint density at radius 2 is 2.14 bits per heavy atom. The first-order chi connectivity index (χ1) is 6.88. The number of aromatic nitrogens is 3. The fourth-order valence-corrected chi connectivity index (χ4v) is 1.20. The first-order valence-corrected chi connectivity index (χ1v) is 4.41. The van der Waals surface area contributed by atoms with E-state index in [1.165, 1.54) is 0 Å². The second-order valence-electron chi connectivity index (χ2n) is 2.93. The highest BCUT2D eigenvalue weighted by Gasteiger charge is 2.04. The molecule has 14 heavy (non-hydrogen) atoms. The fourth-order valence-electron chi connectivity index (χ4n) is 1.20. The fraction of sp³-hybridized carbons (Fsp3) is 0.333. The molecule has 74 valence electrons. The molecule has 0 saturated heterocycles. The molecule has 0 aliphatic carbocycles. The molecular formula is C9H11N3O2. The van der Waals surface area contributed by atoms with Crippen LogP contribution in [-0.2, 0) is 19.6 Å². The summed E-state index contributed by atoms with van der Waals surface area (Å²) in [5.74, 6) is 0.898. The molecule has 0 aliphatic heterocycles. The molecule has 0 saturated carbocycles. The van der Waals surface area contributed by atoms with Crippen molar-refractivity contribution >= 4 is 0 Å². The average Bonchev–Trinajstić information content (AvgIpc) is 2.86. The third-order valence-corrected chi connectivity index (χ3v) is 1.91. The number of rotatable bonds is 4. The van der Waals surface area contributed by atoms with Crippen molar-refractivity contribution in [1.29, 1.82) is 0 Å². The van der Waals surface area contributed by atoms with E-state index in [9.17, 15) is 0 Å². The number of aliphatic hydroxyl groups excluding tert-OH is 1. The van der Waals surface area contributed by atoms with Crippen LogP contribution in [0.5, 0.6) is 0 Å². The molecule has 5 nitrogen and oxygen atoms in total. The summed E-state index contributed by atoms with van der Waals surface area (Å²) in [5.41, 5.74) is 0. The Bertz CT molecular complexity index is 380. The predicted octanol–water partition coefficient (Wildman–Crippen LogP) is 0.606. The molecule has 0 fully saturated rings. The molecule has 0 bridgehead atoms. The molecule has 5 heteroatoms. The number of aliphatic hydroxyl groups is 1. The minimum Gasteiger partial charge on any atom is -0.387 e. The van der Waals surface area contributed by atoms with Gasteiger partial charge in [-0.1, -0.05) is 5.16 Å². The molecule has 2 aromatic heterocycles. The van der Waals surface area contributed by atoms with Gasteiger partial charge in [0.1, 0.15) is 6.61 Å². The Morgan fingerprint density at radius 3 is 2.79 bits per heavy atom. The Hall–Kier alpha value is -1.62. The van der Waals surface area contributed by atoms with Gasteiger partial charge in [0.05, 0.1) is 0 Å². The van der Waals surface area contributed by atoms with Crippen LogP contribution in [0, 0.1) is 0 Å². The van der Waals surface area contributed by atoms with Crippen molar-refractivity contribution in [1.82, 2.24) is 14.7 Å². The molecule has 0 unspecified atom stereocenters. The molecule has 0 aliphatic rings. The van der Waals surface area contributed by atoms with Gasteiger partial charge in [0.2, 0.25) is 0 Å². The van der Waals surface area contributed by atoms with Crippen LogP contribution in [0.15, 0.2) is 29.0 Å². The van der Waals surface area contributed by atoms with Crippen molar-refractivity contribution in [3.63, 3.8) is 0 Å². The SMILES string of the molecule is OCc1nc(CCn2cccc2)no1. The van der Waals surface area contributed by atoms with E-state index in [-0.39, 0.29) is 12.5 Å². The van der Waals surface area contributed by atoms with Gasteiger partial charge in [-0.25, -0.2) is 0 Å². The predicted molar refractivity (Wildman–Crippen MR) is 48.4 cm³/mol. The third-order valence-electron chi connectivity index (χ3n) is 1.91. The Morgan fingerprint density at radius 1 is 1.36 bits per heavy atom. The van der Waals surface area contributed by atoms with Crippen LogP contribution >= 0.6 is 0 Å². The molecule has 0 aromatic carbocycles. The molecule has 1 N–H and O–H groups in total. The van der Waals surface area contributed by atoms with E-state index in [0.29, 0.717) is 12.2 Å². The van der Waals surface area contributed by atoms with E-state index in [0.717, 1.165) is 6.54 Å². The van der Waals surface area contributed by atoms with Gasteiger partial charge in [0.15, 0.2) is 5.82 Å². The zero-order valence-electron chi connectivity index (χ0n) is 7.63. The van der Waals surface area contributed by atoms with Crippen molar-refractivity contribution in [2.75, 3.05) is 0 Å². The van der Waals surface area contributed by atoms with Crippen LogP contribution in [-0.4, -0.2) is 19.8 Å². The quantitative estimate of drug-likeness (QED) is 0.772. The van der Waals surface area contributed by atoms with Gasteiger partial charge >= 0.3 is 0 Å². The monoisotopic (exact) mass is 193 g/mol. The molecule has 0 atom stereocenters. The van der Waals surface area contributed by atoms with E-state index in [2.05, 4.69) is 10.1 Å². The number of hydrogen-bond acceptors (Lipinski definition) is 4. The lowest BCUT2D eigenvalue weighted by Gasteiger charge is -1.97. The summed E-state index contributed by atoms with van der Waals surface area (Å²) in [6.07, 6.45) is 4.66. The highest BCUT2D eigenvalue weighted by atomic mass is 16.5. The van der Waals surface area contributed by atoms with Crippen LogP contribution < -0.4 is 0 Å². The summed E-state index contributed by atoms with van der Waals surface area (Å²) < 4.78 is 6.80. The lowest BCUT2D eigenvalue weighted by molar-refractivity contribution is 0.222. The normalized spacial score (nSPS) is 10.6. The van der Waals surface area contributed by atoms with Gasteiger partial charge in [-0.05, 0) is 12.1 Å². The van der Waals surface area contributed by atoms with Gasteiger partial charge in [0.25, 0.3) is 5.89 Å². The molecule has 0 spiro atoms. The summed E-state index contributed by atoms with van der Waals surface area (Å²) in [7, 11) is 0. The van der Waals surface area contributed by atoms with E-state index in [1.807, 2.05) is 29.1 Å². The Kier molecular flexibility index (Phi) is 2.60. The van der Waals surface area contributed by atoms with E-state index in [4.69, 9.17) is 9.63 Å². The second kappa shape index (κ2) is 4.06. The minimum absolute atomic E-state index is 0.198. The second-order valence-corrected chi connectivity index (χ2v) is 2.93. The number of nitrogens with zero attached hydrogens (tertiary/aromatic N) is 3. The van der Waals surface area contributed by atoms with Crippen molar-refractivity contribution < 1.29 is 9.63 Å². The topological polar surface area (TPSA) is 64.1 Å². The highest BCUT2D eigenvalue weighted by Crippen LogP contribution is 2.00. The molecule has 2 aromatic rings. The summed E-state index contributed by atoms with van der Waals surface area (Å²) in [6, 6.07) is 3.94. The number of aryl methyl sites for hydroxylation is 2. The highest BCUT2D eigenvalue weighted by molar-refractivity contribution is 4.92. The minimum atomic E-state index is -0.198. The summed E-state index contributed by atoms with van der Waals surface area (Å²) in [4.78, 5) is 3.99. The lowest BCUT2D eigenvalue weighted by atomic mass is 10.4. The zero-order valence-corrected chi connectivity index (χ0v) is 7.63. The van der Waals surface area contributed by atoms with Gasteiger partial charge in [-0.2, -0.15) is 4.98 Å². The molecular weight excluding hydrogens is 182 g/mol. The standard InChI is InChI=1S/C9H11N3O2/c13-7-9-10-8(11-14-9)3-6-12-4-1-2-5-12/h1-2,4-5,13H,3,6-7H2. The smallest absolute Gasteiger partial charge is 0.252 e. The first kappa shape index (κ1) is 8.96. The van der Waals surface area contributed by atoms with Crippen LogP contribution in [0.1, 0.15) is 11.7 Å². The van der Waals surface area contributed by atoms with Crippen LogP contribution in [0.2, 0.25) is 0 Å². The van der Waals surface area contributed by atoms with E-state index >= 15 is 0 Å². The lowest BCUT2D eigenvalue weighted by Crippen LogP contribution is -1.99. The van der Waals surface area contributed by atoms with E-state index < -0.39 is 0 Å². The molecule has 0 radical (unpaired) electrons. The van der Waals surface area contributed by atoms with Crippen molar-refractivity contribution in [2.45, 2.75) is 19.6 Å². The summed E-state index contributed by atoms with van der Waals surface area (Å²) in [6.45, 7) is 0.619. The van der Waals surface area contributed by atoms with Gasteiger partial charge in [-0.15, -0.1) is 0 Å². The maximum absolute atomic E-state index is 8.70. The average molecular weight is 193 g/mol. The van der Waals surface area contributed by atoms with Crippen molar-refractivity contribution in [3.05, 3.63) is 36.2 Å². The van der Waals surface area contributed by atoms with Crippen molar-refractivity contribution in [2.24, 2.45) is 0 Å².